The second kappa shape index (κ2) is 13.8. The summed E-state index contributed by atoms with van der Waals surface area (Å²) in [6.07, 6.45) is 8.67. The van der Waals surface area contributed by atoms with Gasteiger partial charge in [0, 0.05) is 38.2 Å². The minimum Gasteiger partial charge on any atom is -0.493 e. The van der Waals surface area contributed by atoms with Gasteiger partial charge in [0.2, 0.25) is 17.6 Å². The average molecular weight is 568 g/mol. The van der Waals surface area contributed by atoms with E-state index in [2.05, 4.69) is 20.4 Å². The molecular weight excluding hydrogens is 529 g/mol. The van der Waals surface area contributed by atoms with E-state index in [-0.39, 0.29) is 23.4 Å². The topological polar surface area (TPSA) is 114 Å². The Morgan fingerprint density at radius 2 is 1.98 bits per heavy atom. The van der Waals surface area contributed by atoms with Crippen molar-refractivity contribution < 1.29 is 27.7 Å². The van der Waals surface area contributed by atoms with Gasteiger partial charge in [-0.1, -0.05) is 24.4 Å². The molecule has 41 heavy (non-hydrogen) atoms. The smallest absolute Gasteiger partial charge is 0.287 e. The number of hydrogen-bond donors (Lipinski definition) is 1. The monoisotopic (exact) mass is 567 g/mol. The molecule has 1 saturated carbocycles. The highest BCUT2D eigenvalue weighted by Crippen LogP contribution is 2.33. The minimum atomic E-state index is -0.640. The molecule has 5 rings (SSSR count). The van der Waals surface area contributed by atoms with Gasteiger partial charge >= 0.3 is 0 Å². The SMILES string of the molecule is C[C@H](NC(=O)c1ccco1)C(=O)N1CCCN(CCCOc2ccc(-c3noc(C4CCCCC4)n3)c(F)c2)CC1. The van der Waals surface area contributed by atoms with Crippen molar-refractivity contribution in [3.05, 3.63) is 54.1 Å². The number of nitrogens with one attached hydrogen (secondary N) is 1. The highest BCUT2D eigenvalue weighted by atomic mass is 19.1. The van der Waals surface area contributed by atoms with Gasteiger partial charge < -0.3 is 28.8 Å². The number of nitrogens with zero attached hydrogens (tertiary/aromatic N) is 4. The largest absolute Gasteiger partial charge is 0.493 e. The summed E-state index contributed by atoms with van der Waals surface area (Å²) < 4.78 is 31.2. The van der Waals surface area contributed by atoms with Crippen molar-refractivity contribution in [2.45, 2.75) is 63.8 Å². The fraction of sp³-hybridized carbons (Fsp3) is 0.533. The minimum absolute atomic E-state index is 0.105. The molecule has 0 bridgehead atoms. The van der Waals surface area contributed by atoms with Gasteiger partial charge in [-0.2, -0.15) is 4.98 Å². The van der Waals surface area contributed by atoms with Crippen LogP contribution in [0, 0.1) is 5.82 Å². The van der Waals surface area contributed by atoms with Crippen LogP contribution in [-0.2, 0) is 4.79 Å². The number of halogens is 1. The Bertz CT molecular complexity index is 1290. The van der Waals surface area contributed by atoms with Crippen LogP contribution in [0.2, 0.25) is 0 Å². The van der Waals surface area contributed by atoms with E-state index in [9.17, 15) is 14.0 Å². The van der Waals surface area contributed by atoms with Gasteiger partial charge in [0.1, 0.15) is 17.6 Å². The molecule has 1 aliphatic heterocycles. The van der Waals surface area contributed by atoms with Gasteiger partial charge in [0.25, 0.3) is 5.91 Å². The molecule has 1 aromatic carbocycles. The lowest BCUT2D eigenvalue weighted by Gasteiger charge is -2.25. The lowest BCUT2D eigenvalue weighted by Crippen LogP contribution is -2.48. The Kier molecular flexibility index (Phi) is 9.66. The van der Waals surface area contributed by atoms with Gasteiger partial charge in [-0.05, 0) is 63.4 Å². The number of rotatable bonds is 10. The number of carbonyl (C=O) groups excluding carboxylic acids is 2. The molecule has 11 heteroatoms. The maximum Gasteiger partial charge on any atom is 0.287 e. The van der Waals surface area contributed by atoms with Crippen molar-refractivity contribution in [3.63, 3.8) is 0 Å². The van der Waals surface area contributed by atoms with Crippen molar-refractivity contribution in [3.8, 4) is 17.1 Å². The third-order valence-corrected chi connectivity index (χ3v) is 7.83. The third-order valence-electron chi connectivity index (χ3n) is 7.83. The summed E-state index contributed by atoms with van der Waals surface area (Å²) in [7, 11) is 0. The van der Waals surface area contributed by atoms with Crippen LogP contribution >= 0.6 is 0 Å². The first kappa shape index (κ1) is 28.8. The summed E-state index contributed by atoms with van der Waals surface area (Å²) in [5.74, 6) is 0.845. The van der Waals surface area contributed by atoms with E-state index < -0.39 is 17.8 Å². The first-order chi connectivity index (χ1) is 20.0. The second-order valence-electron chi connectivity index (χ2n) is 10.8. The highest BCUT2D eigenvalue weighted by Gasteiger charge is 2.26. The molecule has 2 aliphatic rings. The first-order valence-corrected chi connectivity index (χ1v) is 14.6. The number of benzene rings is 1. The molecule has 3 heterocycles. The average Bonchev–Trinajstić information content (AvgIpc) is 3.65. The lowest BCUT2D eigenvalue weighted by atomic mass is 9.89. The van der Waals surface area contributed by atoms with Gasteiger partial charge in [-0.3, -0.25) is 9.59 Å². The quantitative estimate of drug-likeness (QED) is 0.353. The molecule has 3 aromatic rings. The fourth-order valence-corrected chi connectivity index (χ4v) is 5.53. The second-order valence-corrected chi connectivity index (χ2v) is 10.8. The van der Waals surface area contributed by atoms with Crippen LogP contribution < -0.4 is 10.1 Å². The molecule has 2 fully saturated rings. The Labute approximate surface area is 239 Å². The lowest BCUT2D eigenvalue weighted by molar-refractivity contribution is -0.132. The van der Waals surface area contributed by atoms with Crippen molar-refractivity contribution in [2.75, 3.05) is 39.3 Å². The molecule has 220 valence electrons. The van der Waals surface area contributed by atoms with E-state index in [1.807, 2.05) is 0 Å². The predicted molar refractivity (Wildman–Crippen MR) is 149 cm³/mol. The van der Waals surface area contributed by atoms with Crippen molar-refractivity contribution in [1.82, 2.24) is 25.3 Å². The molecular formula is C30H38FN5O5. The van der Waals surface area contributed by atoms with Crippen LogP contribution in [0.15, 0.2) is 45.5 Å². The predicted octanol–water partition coefficient (Wildman–Crippen LogP) is 4.64. The number of amides is 2. The van der Waals surface area contributed by atoms with Gasteiger partial charge in [-0.15, -0.1) is 0 Å². The van der Waals surface area contributed by atoms with Gasteiger partial charge in [0.05, 0.1) is 18.4 Å². The Morgan fingerprint density at radius 1 is 1.12 bits per heavy atom. The van der Waals surface area contributed by atoms with Crippen LogP contribution in [0.4, 0.5) is 4.39 Å². The van der Waals surface area contributed by atoms with E-state index in [4.69, 9.17) is 13.7 Å². The van der Waals surface area contributed by atoms with Crippen molar-refractivity contribution >= 4 is 11.8 Å². The molecule has 1 atom stereocenters. The summed E-state index contributed by atoms with van der Waals surface area (Å²) in [4.78, 5) is 33.7. The zero-order chi connectivity index (χ0) is 28.6. The number of hydrogen-bond acceptors (Lipinski definition) is 8. The molecule has 2 amide bonds. The molecule has 10 nitrogen and oxygen atoms in total. The zero-order valence-corrected chi connectivity index (χ0v) is 23.5. The van der Waals surface area contributed by atoms with E-state index in [0.29, 0.717) is 36.9 Å². The molecule has 1 aliphatic carbocycles. The fourth-order valence-electron chi connectivity index (χ4n) is 5.53. The van der Waals surface area contributed by atoms with E-state index >= 15 is 0 Å². The van der Waals surface area contributed by atoms with Gasteiger partial charge in [0.15, 0.2) is 5.76 Å². The number of carbonyl (C=O) groups is 2. The maximum absolute atomic E-state index is 14.9. The first-order valence-electron chi connectivity index (χ1n) is 14.6. The number of aromatic nitrogens is 2. The standard InChI is InChI=1S/C30H38FN5O5/c1-21(32-28(37)26-10-5-18-40-26)30(38)36-15-6-13-35(16-17-36)14-7-19-39-23-11-12-24(25(31)20-23)27-33-29(41-34-27)22-8-3-2-4-9-22/h5,10-12,18,20-22H,2-4,6-9,13-17,19H2,1H3,(H,32,37)/t21-/m0/s1. The van der Waals surface area contributed by atoms with Crippen LogP contribution in [0.1, 0.15) is 74.2 Å². The molecule has 0 radical (unpaired) electrons. The number of furan rings is 1. The maximum atomic E-state index is 14.9. The van der Waals surface area contributed by atoms with Crippen LogP contribution in [0.5, 0.6) is 5.75 Å². The van der Waals surface area contributed by atoms with Gasteiger partial charge in [-0.25, -0.2) is 4.39 Å². The number of ether oxygens (including phenoxy) is 1. The highest BCUT2D eigenvalue weighted by molar-refractivity contribution is 5.95. The third kappa shape index (κ3) is 7.52. The Morgan fingerprint density at radius 3 is 2.76 bits per heavy atom. The van der Waals surface area contributed by atoms with E-state index in [1.54, 1.807) is 36.1 Å². The summed E-state index contributed by atoms with van der Waals surface area (Å²) in [6.45, 7) is 5.78. The van der Waals surface area contributed by atoms with Crippen LogP contribution in [0.3, 0.4) is 0 Å². The van der Waals surface area contributed by atoms with E-state index in [0.717, 1.165) is 58.2 Å². The van der Waals surface area contributed by atoms with Crippen LogP contribution in [-0.4, -0.2) is 77.1 Å². The molecule has 0 spiro atoms. The normalized spacial score (nSPS) is 17.7. The zero-order valence-electron chi connectivity index (χ0n) is 23.5. The Hall–Kier alpha value is -3.73. The summed E-state index contributed by atoms with van der Waals surface area (Å²) in [5.41, 5.74) is 0.307. The molecule has 0 unspecified atom stereocenters. The van der Waals surface area contributed by atoms with Crippen LogP contribution in [0.25, 0.3) is 11.4 Å². The van der Waals surface area contributed by atoms with E-state index in [1.165, 1.54) is 18.8 Å². The Balaban J connectivity index is 1.03. The van der Waals surface area contributed by atoms with Crippen molar-refractivity contribution in [1.29, 1.82) is 0 Å². The summed E-state index contributed by atoms with van der Waals surface area (Å²) in [5, 5.41) is 6.72. The summed E-state index contributed by atoms with van der Waals surface area (Å²) >= 11 is 0. The summed E-state index contributed by atoms with van der Waals surface area (Å²) in [6, 6.07) is 7.29. The van der Waals surface area contributed by atoms with Crippen molar-refractivity contribution in [2.24, 2.45) is 0 Å². The molecule has 1 N–H and O–H groups in total. The molecule has 1 saturated heterocycles. The molecule has 2 aromatic heterocycles.